The molecule has 0 fully saturated rings. The first-order chi connectivity index (χ1) is 13.6. The Labute approximate surface area is 168 Å². The molecule has 1 aromatic heterocycles. The van der Waals surface area contributed by atoms with E-state index >= 15 is 0 Å². The standard InChI is InChI=1S/C21H24FN5O2/c1-13(29-17-9-6-15(7-10-17)21(3,4)5)20(28)23-19-12-16(8-11-18(19)22)27-14(2)24-25-26-27/h6-13H,1-5H3,(H,23,28). The van der Waals surface area contributed by atoms with Crippen LogP contribution in [0.5, 0.6) is 5.75 Å². The van der Waals surface area contributed by atoms with Crippen LogP contribution in [-0.2, 0) is 10.2 Å². The summed E-state index contributed by atoms with van der Waals surface area (Å²) in [5.41, 5.74) is 1.76. The number of aromatic nitrogens is 4. The van der Waals surface area contributed by atoms with Crippen LogP contribution in [-0.4, -0.2) is 32.2 Å². The van der Waals surface area contributed by atoms with Gasteiger partial charge in [-0.1, -0.05) is 32.9 Å². The maximum atomic E-state index is 14.2. The third kappa shape index (κ3) is 4.77. The number of ether oxygens (including phenoxy) is 1. The van der Waals surface area contributed by atoms with Crippen LogP contribution in [0.4, 0.5) is 10.1 Å². The van der Waals surface area contributed by atoms with Gasteiger partial charge in [-0.25, -0.2) is 4.39 Å². The molecule has 3 rings (SSSR count). The van der Waals surface area contributed by atoms with Crippen LogP contribution >= 0.6 is 0 Å². The van der Waals surface area contributed by atoms with E-state index in [-0.39, 0.29) is 11.1 Å². The average Bonchev–Trinajstić information content (AvgIpc) is 3.09. The number of anilines is 1. The summed E-state index contributed by atoms with van der Waals surface area (Å²) in [6.07, 6.45) is -0.812. The number of hydrogen-bond acceptors (Lipinski definition) is 5. The van der Waals surface area contributed by atoms with E-state index in [0.29, 0.717) is 17.3 Å². The fourth-order valence-electron chi connectivity index (χ4n) is 2.74. The van der Waals surface area contributed by atoms with E-state index in [0.717, 1.165) is 0 Å². The van der Waals surface area contributed by atoms with Crippen LogP contribution < -0.4 is 10.1 Å². The molecule has 0 saturated carbocycles. The number of rotatable bonds is 5. The van der Waals surface area contributed by atoms with Gasteiger partial charge in [-0.15, -0.1) is 5.10 Å². The van der Waals surface area contributed by atoms with Gasteiger partial charge in [-0.2, -0.15) is 4.68 Å². The molecular formula is C21H24FN5O2. The summed E-state index contributed by atoms with van der Waals surface area (Å²) in [4.78, 5) is 12.5. The Hall–Kier alpha value is -3.29. The van der Waals surface area contributed by atoms with Crippen molar-refractivity contribution in [1.29, 1.82) is 0 Å². The highest BCUT2D eigenvalue weighted by atomic mass is 19.1. The topological polar surface area (TPSA) is 81.9 Å². The van der Waals surface area contributed by atoms with Crippen LogP contribution in [0, 0.1) is 12.7 Å². The molecule has 2 aromatic carbocycles. The molecule has 29 heavy (non-hydrogen) atoms. The van der Waals surface area contributed by atoms with Gasteiger partial charge in [0, 0.05) is 0 Å². The Morgan fingerprint density at radius 2 is 1.86 bits per heavy atom. The Bertz CT molecular complexity index is 1010. The molecule has 0 spiro atoms. The fourth-order valence-corrected chi connectivity index (χ4v) is 2.74. The van der Waals surface area contributed by atoms with Gasteiger partial charge in [0.25, 0.3) is 5.91 Å². The van der Waals surface area contributed by atoms with Gasteiger partial charge in [0.15, 0.2) is 11.9 Å². The lowest BCUT2D eigenvalue weighted by Gasteiger charge is -2.20. The number of nitrogens with zero attached hydrogens (tertiary/aromatic N) is 4. The van der Waals surface area contributed by atoms with Crippen molar-refractivity contribution in [3.05, 3.63) is 59.7 Å². The van der Waals surface area contributed by atoms with E-state index in [9.17, 15) is 9.18 Å². The minimum Gasteiger partial charge on any atom is -0.481 e. The van der Waals surface area contributed by atoms with Crippen molar-refractivity contribution >= 4 is 11.6 Å². The van der Waals surface area contributed by atoms with Gasteiger partial charge in [0.05, 0.1) is 11.4 Å². The number of carbonyl (C=O) groups excluding carboxylic acids is 1. The quantitative estimate of drug-likeness (QED) is 0.708. The zero-order valence-corrected chi connectivity index (χ0v) is 17.1. The van der Waals surface area contributed by atoms with E-state index in [2.05, 4.69) is 41.6 Å². The highest BCUT2D eigenvalue weighted by molar-refractivity contribution is 5.94. The minimum absolute atomic E-state index is 0.0286. The lowest BCUT2D eigenvalue weighted by atomic mass is 9.87. The number of benzene rings is 2. The molecule has 7 nitrogen and oxygen atoms in total. The molecule has 1 heterocycles. The highest BCUT2D eigenvalue weighted by Crippen LogP contribution is 2.25. The van der Waals surface area contributed by atoms with Crippen molar-refractivity contribution in [2.45, 2.75) is 46.1 Å². The Morgan fingerprint density at radius 1 is 1.17 bits per heavy atom. The van der Waals surface area contributed by atoms with E-state index in [4.69, 9.17) is 4.74 Å². The molecule has 152 valence electrons. The highest BCUT2D eigenvalue weighted by Gasteiger charge is 2.18. The fraction of sp³-hybridized carbons (Fsp3) is 0.333. The summed E-state index contributed by atoms with van der Waals surface area (Å²) in [6, 6.07) is 11.8. The van der Waals surface area contributed by atoms with Crippen LogP contribution in [0.2, 0.25) is 0 Å². The summed E-state index contributed by atoms with van der Waals surface area (Å²) in [7, 11) is 0. The zero-order chi connectivity index (χ0) is 21.2. The summed E-state index contributed by atoms with van der Waals surface area (Å²) >= 11 is 0. The first-order valence-corrected chi connectivity index (χ1v) is 9.28. The number of halogens is 1. The maximum absolute atomic E-state index is 14.2. The van der Waals surface area contributed by atoms with E-state index in [1.165, 1.54) is 28.4 Å². The maximum Gasteiger partial charge on any atom is 0.265 e. The summed E-state index contributed by atoms with van der Waals surface area (Å²) in [6.45, 7) is 9.71. The molecule has 0 bridgehead atoms. The molecule has 1 N–H and O–H groups in total. The molecule has 3 aromatic rings. The molecule has 1 amide bonds. The molecule has 8 heteroatoms. The van der Waals surface area contributed by atoms with E-state index in [1.54, 1.807) is 13.8 Å². The SMILES string of the molecule is Cc1nnnn1-c1ccc(F)c(NC(=O)C(C)Oc2ccc(C(C)(C)C)cc2)c1. The molecule has 0 aliphatic heterocycles. The smallest absolute Gasteiger partial charge is 0.265 e. The molecule has 1 atom stereocenters. The van der Waals surface area contributed by atoms with Gasteiger partial charge in [-0.05, 0) is 65.6 Å². The molecular weight excluding hydrogens is 373 g/mol. The molecule has 0 aliphatic carbocycles. The Balaban J connectivity index is 1.70. The number of nitrogens with one attached hydrogen (secondary N) is 1. The normalized spacial score (nSPS) is 12.5. The zero-order valence-electron chi connectivity index (χ0n) is 17.1. The Morgan fingerprint density at radius 3 is 2.45 bits per heavy atom. The van der Waals surface area contributed by atoms with Gasteiger partial charge in [0.2, 0.25) is 0 Å². The third-order valence-electron chi connectivity index (χ3n) is 4.48. The van der Waals surface area contributed by atoms with Crippen LogP contribution in [0.1, 0.15) is 39.1 Å². The second kappa shape index (κ2) is 7.98. The molecule has 0 radical (unpaired) electrons. The number of aryl methyl sites for hydroxylation is 1. The monoisotopic (exact) mass is 397 g/mol. The lowest BCUT2D eigenvalue weighted by molar-refractivity contribution is -0.122. The van der Waals surface area contributed by atoms with E-state index in [1.807, 2.05) is 24.3 Å². The predicted octanol–water partition coefficient (Wildman–Crippen LogP) is 3.81. The largest absolute Gasteiger partial charge is 0.481 e. The number of tetrazole rings is 1. The number of carbonyl (C=O) groups is 1. The predicted molar refractivity (Wildman–Crippen MR) is 108 cm³/mol. The Kier molecular flexibility index (Phi) is 5.63. The van der Waals surface area contributed by atoms with Crippen molar-refractivity contribution in [3.8, 4) is 11.4 Å². The first kappa shape index (κ1) is 20.4. The molecule has 0 saturated heterocycles. The van der Waals surface area contributed by atoms with Gasteiger partial charge in [-0.3, -0.25) is 4.79 Å². The van der Waals surface area contributed by atoms with Crippen LogP contribution in [0.25, 0.3) is 5.69 Å². The summed E-state index contributed by atoms with van der Waals surface area (Å²) in [5, 5.41) is 13.8. The number of hydrogen-bond donors (Lipinski definition) is 1. The van der Waals surface area contributed by atoms with Crippen LogP contribution in [0.3, 0.4) is 0 Å². The molecule has 0 aliphatic rings. The lowest BCUT2D eigenvalue weighted by Crippen LogP contribution is -2.30. The van der Waals surface area contributed by atoms with Crippen molar-refractivity contribution in [2.24, 2.45) is 0 Å². The number of amides is 1. The van der Waals surface area contributed by atoms with Gasteiger partial charge < -0.3 is 10.1 Å². The third-order valence-corrected chi connectivity index (χ3v) is 4.48. The summed E-state index contributed by atoms with van der Waals surface area (Å²) < 4.78 is 21.4. The van der Waals surface area contributed by atoms with Crippen LogP contribution in [0.15, 0.2) is 42.5 Å². The van der Waals surface area contributed by atoms with Crippen molar-refractivity contribution in [1.82, 2.24) is 20.2 Å². The van der Waals surface area contributed by atoms with Gasteiger partial charge in [0.1, 0.15) is 11.6 Å². The second-order valence-corrected chi connectivity index (χ2v) is 7.83. The summed E-state index contributed by atoms with van der Waals surface area (Å²) in [5.74, 6) is 0.0902. The van der Waals surface area contributed by atoms with Gasteiger partial charge >= 0.3 is 0 Å². The van der Waals surface area contributed by atoms with Crippen molar-refractivity contribution in [2.75, 3.05) is 5.32 Å². The van der Waals surface area contributed by atoms with E-state index < -0.39 is 17.8 Å². The second-order valence-electron chi connectivity index (χ2n) is 7.83. The molecule has 1 unspecified atom stereocenters. The van der Waals surface area contributed by atoms with Crippen molar-refractivity contribution in [3.63, 3.8) is 0 Å². The average molecular weight is 397 g/mol. The van der Waals surface area contributed by atoms with Crippen molar-refractivity contribution < 1.29 is 13.9 Å². The first-order valence-electron chi connectivity index (χ1n) is 9.28. The minimum atomic E-state index is -0.812.